The van der Waals surface area contributed by atoms with E-state index in [1.54, 1.807) is 0 Å². The molecule has 1 aliphatic rings. The Morgan fingerprint density at radius 3 is 2.94 bits per heavy atom. The highest BCUT2D eigenvalue weighted by Crippen LogP contribution is 2.31. The second-order valence-corrected chi connectivity index (χ2v) is 4.70. The van der Waals surface area contributed by atoms with Crippen molar-refractivity contribution in [1.82, 2.24) is 9.36 Å². The van der Waals surface area contributed by atoms with Gasteiger partial charge in [0.05, 0.1) is 0 Å². The molecule has 0 radical (unpaired) electrons. The Balaban J connectivity index is 1.93. The van der Waals surface area contributed by atoms with Crippen LogP contribution in [-0.4, -0.2) is 9.36 Å². The van der Waals surface area contributed by atoms with Gasteiger partial charge in [-0.15, -0.1) is 0 Å². The fourth-order valence-corrected chi connectivity index (χ4v) is 2.67. The lowest BCUT2D eigenvalue weighted by Crippen LogP contribution is -2.14. The number of hydrogen-bond donors (Lipinski definition) is 1. The Hall–Kier alpha value is -1.62. The van der Waals surface area contributed by atoms with Gasteiger partial charge in [-0.3, -0.25) is 0 Å². The number of anilines is 2. The average molecular weight is 232 g/mol. The van der Waals surface area contributed by atoms with Crippen molar-refractivity contribution in [2.24, 2.45) is 0 Å². The lowest BCUT2D eigenvalue weighted by molar-refractivity contribution is 0.869. The summed E-state index contributed by atoms with van der Waals surface area (Å²) in [5.74, 6) is 0.837. The summed E-state index contributed by atoms with van der Waals surface area (Å²) in [5, 5.41) is 0.980. The van der Waals surface area contributed by atoms with E-state index in [1.807, 2.05) is 19.1 Å². The number of nitrogen functional groups attached to an aromatic ring is 1. The molecule has 0 unspecified atom stereocenters. The number of benzene rings is 1. The van der Waals surface area contributed by atoms with Crippen molar-refractivity contribution in [3.05, 3.63) is 35.2 Å². The van der Waals surface area contributed by atoms with Crippen LogP contribution in [0, 0.1) is 6.92 Å². The summed E-state index contributed by atoms with van der Waals surface area (Å²) in [6.45, 7) is 3.64. The van der Waals surface area contributed by atoms with Gasteiger partial charge in [-0.1, -0.05) is 12.1 Å². The molecule has 1 aromatic carbocycles. The molecule has 0 fully saturated rings. The number of fused-ring (bicyclic) bond motifs is 1. The van der Waals surface area contributed by atoms with E-state index in [-0.39, 0.29) is 0 Å². The van der Waals surface area contributed by atoms with E-state index < -0.39 is 0 Å². The molecule has 0 atom stereocenters. The molecule has 0 aliphatic carbocycles. The molecule has 5 heteroatoms. The van der Waals surface area contributed by atoms with Crippen molar-refractivity contribution in [3.8, 4) is 0 Å². The molecule has 16 heavy (non-hydrogen) atoms. The van der Waals surface area contributed by atoms with Gasteiger partial charge < -0.3 is 10.6 Å². The summed E-state index contributed by atoms with van der Waals surface area (Å²) in [6, 6.07) is 6.08. The summed E-state index contributed by atoms with van der Waals surface area (Å²) >= 11 is 1.45. The smallest absolute Gasteiger partial charge is 0.205 e. The number of nitrogens with zero attached hydrogens (tertiary/aromatic N) is 3. The molecule has 2 N–H and O–H groups in total. The lowest BCUT2D eigenvalue weighted by atomic mass is 10.1. The van der Waals surface area contributed by atoms with Crippen molar-refractivity contribution in [2.45, 2.75) is 20.0 Å². The van der Waals surface area contributed by atoms with Crippen LogP contribution < -0.4 is 10.6 Å². The minimum atomic E-state index is 0.837. The van der Waals surface area contributed by atoms with Gasteiger partial charge in [-0.2, -0.15) is 4.37 Å². The maximum Gasteiger partial charge on any atom is 0.205 e. The van der Waals surface area contributed by atoms with Crippen molar-refractivity contribution in [2.75, 3.05) is 10.6 Å². The van der Waals surface area contributed by atoms with E-state index in [1.165, 1.54) is 22.7 Å². The highest BCUT2D eigenvalue weighted by atomic mass is 32.1. The number of nitrogens with two attached hydrogens (primary N) is 1. The normalized spacial score (nSPS) is 14.2. The van der Waals surface area contributed by atoms with Gasteiger partial charge in [0.25, 0.3) is 0 Å². The zero-order chi connectivity index (χ0) is 11.1. The third kappa shape index (κ3) is 1.44. The minimum absolute atomic E-state index is 0.837. The number of aryl methyl sites for hydroxylation is 1. The summed E-state index contributed by atoms with van der Waals surface area (Å²) in [4.78, 5) is 6.61. The molecule has 1 aliphatic heterocycles. The molecule has 2 heterocycles. The van der Waals surface area contributed by atoms with Gasteiger partial charge in [0, 0.05) is 30.3 Å². The zero-order valence-corrected chi connectivity index (χ0v) is 9.79. The van der Waals surface area contributed by atoms with E-state index >= 15 is 0 Å². The van der Waals surface area contributed by atoms with E-state index in [2.05, 4.69) is 20.3 Å². The molecule has 2 aromatic rings. The van der Waals surface area contributed by atoms with Crippen LogP contribution in [0.5, 0.6) is 0 Å². The summed E-state index contributed by atoms with van der Waals surface area (Å²) in [6.07, 6.45) is 0. The first kappa shape index (κ1) is 9.59. The van der Waals surface area contributed by atoms with Gasteiger partial charge in [0.1, 0.15) is 5.82 Å². The maximum absolute atomic E-state index is 5.96. The Morgan fingerprint density at radius 2 is 2.25 bits per heavy atom. The van der Waals surface area contributed by atoms with Crippen LogP contribution in [0.4, 0.5) is 10.8 Å². The first-order chi connectivity index (χ1) is 7.74. The predicted octanol–water partition coefficient (Wildman–Crippen LogP) is 1.95. The SMILES string of the molecule is Cc1nsc(N2Cc3cccc(N)c3C2)n1. The van der Waals surface area contributed by atoms with E-state index in [0.29, 0.717) is 0 Å². The van der Waals surface area contributed by atoms with Gasteiger partial charge in [-0.05, 0) is 24.1 Å². The highest BCUT2D eigenvalue weighted by molar-refractivity contribution is 7.09. The van der Waals surface area contributed by atoms with Crippen molar-refractivity contribution in [3.63, 3.8) is 0 Å². The molecule has 1 aromatic heterocycles. The van der Waals surface area contributed by atoms with Gasteiger partial charge >= 0.3 is 0 Å². The number of rotatable bonds is 1. The quantitative estimate of drug-likeness (QED) is 0.763. The van der Waals surface area contributed by atoms with Gasteiger partial charge in [0.2, 0.25) is 5.13 Å². The van der Waals surface area contributed by atoms with Crippen molar-refractivity contribution < 1.29 is 0 Å². The molecule has 0 spiro atoms. The fourth-order valence-electron chi connectivity index (χ4n) is 2.00. The van der Waals surface area contributed by atoms with Crippen LogP contribution in [-0.2, 0) is 13.1 Å². The van der Waals surface area contributed by atoms with Crippen LogP contribution >= 0.6 is 11.5 Å². The molecular weight excluding hydrogens is 220 g/mol. The monoisotopic (exact) mass is 232 g/mol. The molecular formula is C11H12N4S. The Kier molecular flexibility index (Phi) is 2.07. The molecule has 4 nitrogen and oxygen atoms in total. The molecule has 0 amide bonds. The zero-order valence-electron chi connectivity index (χ0n) is 8.97. The third-order valence-corrected chi connectivity index (χ3v) is 3.68. The van der Waals surface area contributed by atoms with Crippen LogP contribution in [0.25, 0.3) is 0 Å². The summed E-state index contributed by atoms with van der Waals surface area (Å²) in [7, 11) is 0. The highest BCUT2D eigenvalue weighted by Gasteiger charge is 2.22. The topological polar surface area (TPSA) is 55.0 Å². The molecule has 0 saturated heterocycles. The van der Waals surface area contributed by atoms with E-state index in [4.69, 9.17) is 5.73 Å². The second kappa shape index (κ2) is 3.45. The lowest BCUT2D eigenvalue weighted by Gasteiger charge is -2.11. The van der Waals surface area contributed by atoms with Crippen LogP contribution in [0.15, 0.2) is 18.2 Å². The first-order valence-corrected chi connectivity index (χ1v) is 5.93. The van der Waals surface area contributed by atoms with Gasteiger partial charge in [0.15, 0.2) is 0 Å². The standard InChI is InChI=1S/C11H12N4S/c1-7-13-11(16-14-7)15-5-8-3-2-4-10(12)9(8)6-15/h2-4H,5-6,12H2,1H3. The largest absolute Gasteiger partial charge is 0.398 e. The van der Waals surface area contributed by atoms with Crippen LogP contribution in [0.1, 0.15) is 17.0 Å². The molecule has 3 rings (SSSR count). The fraction of sp³-hybridized carbons (Fsp3) is 0.273. The van der Waals surface area contributed by atoms with E-state index in [0.717, 1.165) is 29.7 Å². The Morgan fingerprint density at radius 1 is 1.38 bits per heavy atom. The summed E-state index contributed by atoms with van der Waals surface area (Å²) < 4.78 is 4.20. The van der Waals surface area contributed by atoms with Crippen LogP contribution in [0.2, 0.25) is 0 Å². The molecule has 82 valence electrons. The van der Waals surface area contributed by atoms with Crippen molar-refractivity contribution >= 4 is 22.4 Å². The number of hydrogen-bond acceptors (Lipinski definition) is 5. The van der Waals surface area contributed by atoms with Crippen LogP contribution in [0.3, 0.4) is 0 Å². The average Bonchev–Trinajstić information content (AvgIpc) is 2.84. The second-order valence-electron chi connectivity index (χ2n) is 3.97. The third-order valence-electron chi connectivity index (χ3n) is 2.81. The Labute approximate surface area is 97.9 Å². The van der Waals surface area contributed by atoms with Gasteiger partial charge in [-0.25, -0.2) is 4.98 Å². The predicted molar refractivity (Wildman–Crippen MR) is 65.4 cm³/mol. The first-order valence-electron chi connectivity index (χ1n) is 5.15. The van der Waals surface area contributed by atoms with Crippen molar-refractivity contribution in [1.29, 1.82) is 0 Å². The Bertz CT molecular complexity index is 535. The van der Waals surface area contributed by atoms with E-state index in [9.17, 15) is 0 Å². The summed E-state index contributed by atoms with van der Waals surface area (Å²) in [5.41, 5.74) is 9.37. The molecule has 0 bridgehead atoms. The molecule has 0 saturated carbocycles. The minimum Gasteiger partial charge on any atom is -0.398 e. The number of aromatic nitrogens is 2. The maximum atomic E-state index is 5.96.